The summed E-state index contributed by atoms with van der Waals surface area (Å²) in [5.41, 5.74) is 1.11. The molecular formula is C34H38IrNO2S-. The Morgan fingerprint density at radius 3 is 2.28 bits per heavy atom. The second-order valence-electron chi connectivity index (χ2n) is 10.5. The molecule has 0 spiro atoms. The topological polar surface area (TPSA) is 50.2 Å². The number of aromatic nitrogens is 1. The largest absolute Gasteiger partial charge is 0.512 e. The summed E-state index contributed by atoms with van der Waals surface area (Å²) >= 11 is 1.69. The first-order valence-electron chi connectivity index (χ1n) is 14.5. The van der Waals surface area contributed by atoms with E-state index < -0.39 is 0 Å². The number of carbonyl (C=O) groups is 1. The van der Waals surface area contributed by atoms with Gasteiger partial charge in [-0.15, -0.1) is 35.3 Å². The third kappa shape index (κ3) is 6.16. The second-order valence-corrected chi connectivity index (χ2v) is 11.6. The number of fused-ring (bicyclic) bond motifs is 3. The molecular weight excluding hydrogens is 679 g/mol. The van der Waals surface area contributed by atoms with Crippen molar-refractivity contribution in [2.45, 2.75) is 77.0 Å². The summed E-state index contributed by atoms with van der Waals surface area (Å²) in [4.78, 5) is 18.8. The minimum absolute atomic E-state index is 0. The average Bonchev–Trinajstić information content (AvgIpc) is 2.98. The van der Waals surface area contributed by atoms with Gasteiger partial charge in [0.2, 0.25) is 0 Å². The Balaban J connectivity index is 0.000000233. The quantitative estimate of drug-likeness (QED) is 0.103. The van der Waals surface area contributed by atoms with E-state index in [9.17, 15) is 9.90 Å². The zero-order chi connectivity index (χ0) is 29.2. The van der Waals surface area contributed by atoms with E-state index in [4.69, 9.17) is 2.74 Å². The van der Waals surface area contributed by atoms with Gasteiger partial charge in [-0.25, -0.2) is 0 Å². The molecule has 1 aliphatic heterocycles. The first-order chi connectivity index (χ1) is 19.0. The maximum absolute atomic E-state index is 12.2. The van der Waals surface area contributed by atoms with Gasteiger partial charge in [0.05, 0.1) is 2.74 Å². The van der Waals surface area contributed by atoms with Crippen LogP contribution in [0.25, 0.3) is 32.8 Å². The van der Waals surface area contributed by atoms with Crippen LogP contribution < -0.4 is 0 Å². The van der Waals surface area contributed by atoms with E-state index in [-0.39, 0.29) is 54.7 Å². The van der Waals surface area contributed by atoms with Gasteiger partial charge in [-0.3, -0.25) is 9.78 Å². The van der Waals surface area contributed by atoms with E-state index in [1.807, 2.05) is 71.9 Å². The fourth-order valence-electron chi connectivity index (χ4n) is 4.55. The fourth-order valence-corrected chi connectivity index (χ4v) is 5.68. The van der Waals surface area contributed by atoms with Crippen LogP contribution in [0.15, 0.2) is 82.4 Å². The van der Waals surface area contributed by atoms with E-state index >= 15 is 0 Å². The van der Waals surface area contributed by atoms with Crippen LogP contribution in [0, 0.1) is 16.9 Å². The number of pyridine rings is 1. The summed E-state index contributed by atoms with van der Waals surface area (Å²) in [5.74, 6) is 0.286. The Bertz CT molecular complexity index is 1610. The van der Waals surface area contributed by atoms with Gasteiger partial charge in [0.1, 0.15) is 5.76 Å². The summed E-state index contributed by atoms with van der Waals surface area (Å²) in [7, 11) is 0. The minimum Gasteiger partial charge on any atom is -0.512 e. The predicted octanol–water partition coefficient (Wildman–Crippen LogP) is 9.97. The second kappa shape index (κ2) is 12.8. The van der Waals surface area contributed by atoms with Crippen LogP contribution in [0.4, 0.5) is 0 Å². The molecule has 0 atom stereocenters. The summed E-state index contributed by atoms with van der Waals surface area (Å²) < 4.78 is 16.2. The molecule has 0 saturated heterocycles. The molecule has 3 aromatic carbocycles. The number of benzene rings is 3. The Kier molecular flexibility index (Phi) is 9.22. The van der Waals surface area contributed by atoms with Gasteiger partial charge in [-0.2, -0.15) is 0 Å². The summed E-state index contributed by atoms with van der Waals surface area (Å²) in [6.45, 7) is 12.1. The smallest absolute Gasteiger partial charge is 0.164 e. The molecule has 1 N–H and O–H groups in total. The van der Waals surface area contributed by atoms with Crippen molar-refractivity contribution in [1.82, 2.24) is 4.98 Å². The number of aliphatic hydroxyl groups excluding tert-OH is 1. The van der Waals surface area contributed by atoms with Gasteiger partial charge in [-0.1, -0.05) is 82.8 Å². The molecule has 3 nitrogen and oxygen atoms in total. The molecule has 4 aromatic rings. The monoisotopic (exact) mass is 719 g/mol. The molecule has 5 heteroatoms. The third-order valence-corrected chi connectivity index (χ3v) is 9.54. The number of aliphatic hydroxyl groups is 1. The molecule has 0 unspecified atom stereocenters. The Hall–Kier alpha value is -2.46. The molecule has 207 valence electrons. The van der Waals surface area contributed by atoms with Crippen molar-refractivity contribution < 1.29 is 32.7 Å². The molecule has 0 amide bonds. The molecule has 0 bridgehead atoms. The molecule has 1 radical (unpaired) electrons. The average molecular weight is 719 g/mol. The number of allylic oxidation sites excluding steroid dienone is 2. The van der Waals surface area contributed by atoms with Crippen molar-refractivity contribution in [3.63, 3.8) is 0 Å². The van der Waals surface area contributed by atoms with Crippen LogP contribution in [0.3, 0.4) is 0 Å². The van der Waals surface area contributed by atoms with Crippen molar-refractivity contribution in [2.24, 2.45) is 10.8 Å². The summed E-state index contributed by atoms with van der Waals surface area (Å²) in [6.07, 6.45) is 4.77. The molecule has 39 heavy (non-hydrogen) atoms. The molecule has 0 saturated carbocycles. The predicted molar refractivity (Wildman–Crippen MR) is 161 cm³/mol. The van der Waals surface area contributed by atoms with Crippen LogP contribution in [-0.2, 0) is 24.9 Å². The minimum atomic E-state index is -0.337. The van der Waals surface area contributed by atoms with Gasteiger partial charge in [0, 0.05) is 53.8 Å². The molecule has 0 aliphatic carbocycles. The number of nitrogens with zero attached hydrogens (tertiary/aromatic N) is 1. The Morgan fingerprint density at radius 2 is 1.62 bits per heavy atom. The van der Waals surface area contributed by atoms with Crippen molar-refractivity contribution in [2.75, 3.05) is 0 Å². The van der Waals surface area contributed by atoms with E-state index in [1.165, 1.54) is 6.08 Å². The van der Waals surface area contributed by atoms with Gasteiger partial charge >= 0.3 is 0 Å². The number of hydrogen-bond acceptors (Lipinski definition) is 4. The molecule has 2 heterocycles. The molecule has 5 rings (SSSR count). The number of hydrogen-bond donors (Lipinski definition) is 1. The van der Waals surface area contributed by atoms with Gasteiger partial charge < -0.3 is 5.11 Å². The maximum Gasteiger partial charge on any atom is 0.164 e. The van der Waals surface area contributed by atoms with E-state index in [1.54, 1.807) is 11.8 Å². The van der Waals surface area contributed by atoms with Crippen LogP contribution >= 0.6 is 11.8 Å². The van der Waals surface area contributed by atoms with Crippen molar-refractivity contribution in [1.29, 1.82) is 0 Å². The molecule has 0 fully saturated rings. The first kappa shape index (κ1) is 28.1. The van der Waals surface area contributed by atoms with Gasteiger partial charge in [0.15, 0.2) is 5.78 Å². The molecule has 1 aliphatic rings. The van der Waals surface area contributed by atoms with E-state index in [0.29, 0.717) is 0 Å². The fraction of sp³-hybridized carbons (Fsp3) is 0.353. The van der Waals surface area contributed by atoms with E-state index in [0.717, 1.165) is 68.3 Å². The Morgan fingerprint density at radius 1 is 0.974 bits per heavy atom. The number of rotatable bonds is 7. The van der Waals surface area contributed by atoms with Crippen LogP contribution in [0.1, 0.15) is 70.0 Å². The summed E-state index contributed by atoms with van der Waals surface area (Å²) in [5, 5.41) is 14.1. The number of ketones is 1. The maximum atomic E-state index is 12.2. The van der Waals surface area contributed by atoms with Crippen molar-refractivity contribution in [3.05, 3.63) is 78.6 Å². The van der Waals surface area contributed by atoms with Crippen LogP contribution in [0.2, 0.25) is 0 Å². The van der Waals surface area contributed by atoms with Crippen molar-refractivity contribution in [3.8, 4) is 11.3 Å². The SMILES string of the molecule is CCC(C)(CC)C(=O)/C=C(\O)C(C)(CC)CC.[2H]c1nc2c3c(cccc3c1[2H])Sc1cc3ccccc3[c-]c1-2.[Ir]. The van der Waals surface area contributed by atoms with Crippen molar-refractivity contribution >= 4 is 39.1 Å². The zero-order valence-electron chi connectivity index (χ0n) is 25.6. The van der Waals surface area contributed by atoms with Gasteiger partial charge in [-0.05, 0) is 53.5 Å². The Labute approximate surface area is 253 Å². The van der Waals surface area contributed by atoms with Gasteiger partial charge in [0.25, 0.3) is 0 Å². The van der Waals surface area contributed by atoms with Crippen LogP contribution in [0.5, 0.6) is 0 Å². The summed E-state index contributed by atoms with van der Waals surface area (Å²) in [6, 6.07) is 19.9. The number of carbonyl (C=O) groups excluding carboxylic acids is 1. The third-order valence-electron chi connectivity index (χ3n) is 8.43. The van der Waals surface area contributed by atoms with E-state index in [2.05, 4.69) is 29.2 Å². The van der Waals surface area contributed by atoms with Crippen LogP contribution in [-0.4, -0.2) is 15.9 Å². The molecule has 1 aromatic heterocycles. The zero-order valence-corrected chi connectivity index (χ0v) is 26.8. The normalized spacial score (nSPS) is 13.5. The standard InChI is InChI=1S/C19H10NS.C15H28O2.Ir/c1-2-5-14-11-17-15(10-13(14)4-1)19-18-12(8-9-20-19)6-3-7-16(18)21-17;1-7-14(5,8-2)12(16)11-13(17)15(6,9-3)10-4;/h1-9,11H;11,16H,7-10H2,1-6H3;/q-1;;/b;12-11-;/i8D,9D;;. The first-order valence-corrected chi connectivity index (χ1v) is 14.3.